The van der Waals surface area contributed by atoms with Crippen LogP contribution in [0.15, 0.2) is 54.6 Å². The smallest absolute Gasteiger partial charge is 0.409 e. The number of nitrogens with one attached hydrogen (secondary N) is 1. The van der Waals surface area contributed by atoms with E-state index in [0.717, 1.165) is 54.2 Å². The molecule has 0 bridgehead atoms. The zero-order valence-electron chi connectivity index (χ0n) is 14.2. The van der Waals surface area contributed by atoms with Gasteiger partial charge in [0.2, 0.25) is 0 Å². The Bertz CT molecular complexity index is 935. The first-order valence-electron chi connectivity index (χ1n) is 8.53. The molecule has 1 saturated heterocycles. The molecular weight excluding hydrogens is 330 g/mol. The average Bonchev–Trinajstić information content (AvgIpc) is 2.68. The number of amides is 1. The van der Waals surface area contributed by atoms with Crippen molar-refractivity contribution in [1.82, 2.24) is 4.98 Å². The predicted molar refractivity (Wildman–Crippen MR) is 102 cm³/mol. The van der Waals surface area contributed by atoms with E-state index >= 15 is 0 Å². The topological polar surface area (TPSA) is 74.7 Å². The molecule has 0 radical (unpaired) electrons. The van der Waals surface area contributed by atoms with E-state index in [1.54, 1.807) is 12.1 Å². The molecule has 1 aromatic heterocycles. The van der Waals surface area contributed by atoms with Gasteiger partial charge in [-0.25, -0.2) is 9.78 Å². The van der Waals surface area contributed by atoms with Crippen LogP contribution in [-0.2, 0) is 4.74 Å². The zero-order valence-corrected chi connectivity index (χ0v) is 14.2. The van der Waals surface area contributed by atoms with Crippen molar-refractivity contribution in [2.45, 2.75) is 0 Å². The summed E-state index contributed by atoms with van der Waals surface area (Å²) in [5.41, 5.74) is 4.45. The minimum atomic E-state index is -1.07. The van der Waals surface area contributed by atoms with E-state index in [9.17, 15) is 4.79 Å². The Morgan fingerprint density at radius 3 is 2.54 bits per heavy atom. The maximum absolute atomic E-state index is 10.8. The van der Waals surface area contributed by atoms with Crippen molar-refractivity contribution in [2.75, 3.05) is 36.5 Å². The van der Waals surface area contributed by atoms with Crippen LogP contribution in [0.2, 0.25) is 0 Å². The Labute approximate surface area is 151 Å². The van der Waals surface area contributed by atoms with E-state index in [1.165, 1.54) is 0 Å². The van der Waals surface area contributed by atoms with Crippen LogP contribution in [0.1, 0.15) is 0 Å². The monoisotopic (exact) mass is 349 g/mol. The van der Waals surface area contributed by atoms with Crippen LogP contribution in [0.3, 0.4) is 0 Å². The van der Waals surface area contributed by atoms with Gasteiger partial charge in [0.05, 0.1) is 24.4 Å². The van der Waals surface area contributed by atoms with Crippen molar-refractivity contribution in [3.05, 3.63) is 54.6 Å². The molecule has 132 valence electrons. The molecule has 1 fully saturated rings. The summed E-state index contributed by atoms with van der Waals surface area (Å²) in [7, 11) is 0. The third-order valence-corrected chi connectivity index (χ3v) is 4.48. The molecule has 2 heterocycles. The highest BCUT2D eigenvalue weighted by Gasteiger charge is 2.16. The number of para-hydroxylation sites is 1. The lowest BCUT2D eigenvalue weighted by molar-refractivity contribution is 0.123. The van der Waals surface area contributed by atoms with Gasteiger partial charge in [-0.2, -0.15) is 0 Å². The summed E-state index contributed by atoms with van der Waals surface area (Å²) < 4.78 is 5.48. The lowest BCUT2D eigenvalue weighted by Gasteiger charge is -2.30. The van der Waals surface area contributed by atoms with Gasteiger partial charge in [0, 0.05) is 35.4 Å². The summed E-state index contributed by atoms with van der Waals surface area (Å²) in [4.78, 5) is 17.9. The maximum Gasteiger partial charge on any atom is 0.409 e. The van der Waals surface area contributed by atoms with Crippen LogP contribution in [0.5, 0.6) is 0 Å². The number of morpholine rings is 1. The highest BCUT2D eigenvalue weighted by atomic mass is 16.5. The molecule has 0 atom stereocenters. The first-order valence-corrected chi connectivity index (χ1v) is 8.53. The van der Waals surface area contributed by atoms with Crippen LogP contribution >= 0.6 is 0 Å². The fraction of sp³-hybridized carbons (Fsp3) is 0.200. The van der Waals surface area contributed by atoms with Crippen LogP contribution < -0.4 is 10.2 Å². The number of nitrogens with zero attached hydrogens (tertiary/aromatic N) is 2. The van der Waals surface area contributed by atoms with Crippen LogP contribution in [-0.4, -0.2) is 42.5 Å². The highest BCUT2D eigenvalue weighted by molar-refractivity contribution is 5.94. The highest BCUT2D eigenvalue weighted by Crippen LogP contribution is 2.31. The zero-order chi connectivity index (χ0) is 17.9. The maximum atomic E-state index is 10.8. The minimum absolute atomic E-state index is 0.537. The Morgan fingerprint density at radius 1 is 1.08 bits per heavy atom. The largest absolute Gasteiger partial charge is 0.465 e. The summed E-state index contributed by atoms with van der Waals surface area (Å²) in [5, 5.41) is 12.3. The van der Waals surface area contributed by atoms with Gasteiger partial charge in [-0.3, -0.25) is 5.32 Å². The fourth-order valence-electron chi connectivity index (χ4n) is 3.22. The van der Waals surface area contributed by atoms with E-state index in [-0.39, 0.29) is 0 Å². The fourth-order valence-corrected chi connectivity index (χ4v) is 3.22. The Morgan fingerprint density at radius 2 is 1.81 bits per heavy atom. The van der Waals surface area contributed by atoms with Gasteiger partial charge in [-0.05, 0) is 24.3 Å². The first kappa shape index (κ1) is 16.4. The molecule has 1 aliphatic rings. The van der Waals surface area contributed by atoms with Crippen molar-refractivity contribution in [3.63, 3.8) is 0 Å². The number of carbonyl (C=O) groups is 1. The third-order valence-electron chi connectivity index (χ3n) is 4.48. The van der Waals surface area contributed by atoms with Crippen molar-refractivity contribution in [1.29, 1.82) is 0 Å². The van der Waals surface area contributed by atoms with Gasteiger partial charge in [0.25, 0.3) is 0 Å². The molecular formula is C20H19N3O3. The summed E-state index contributed by atoms with van der Waals surface area (Å²) in [6.45, 7) is 3.16. The molecule has 0 aliphatic carbocycles. The van der Waals surface area contributed by atoms with E-state index < -0.39 is 6.09 Å². The Kier molecular flexibility index (Phi) is 4.41. The molecule has 4 rings (SSSR count). The molecule has 3 aromatic rings. The van der Waals surface area contributed by atoms with E-state index in [0.29, 0.717) is 5.69 Å². The molecule has 1 amide bonds. The summed E-state index contributed by atoms with van der Waals surface area (Å²) in [6.07, 6.45) is -1.07. The molecule has 6 nitrogen and oxygen atoms in total. The number of benzene rings is 2. The van der Waals surface area contributed by atoms with Gasteiger partial charge in [0.1, 0.15) is 0 Å². The van der Waals surface area contributed by atoms with Crippen molar-refractivity contribution in [3.8, 4) is 11.3 Å². The lowest BCUT2D eigenvalue weighted by atomic mass is 10.1. The molecule has 26 heavy (non-hydrogen) atoms. The van der Waals surface area contributed by atoms with Crippen LogP contribution in [0.25, 0.3) is 22.2 Å². The summed E-state index contributed by atoms with van der Waals surface area (Å²) >= 11 is 0. The second-order valence-electron chi connectivity index (χ2n) is 6.15. The molecule has 2 N–H and O–H groups in total. The normalized spacial score (nSPS) is 14.4. The molecule has 6 heteroatoms. The second-order valence-corrected chi connectivity index (χ2v) is 6.15. The number of fused-ring (bicyclic) bond motifs is 1. The number of carboxylic acid groups (broad SMARTS) is 1. The number of hydrogen-bond acceptors (Lipinski definition) is 4. The van der Waals surface area contributed by atoms with Crippen molar-refractivity contribution in [2.24, 2.45) is 0 Å². The van der Waals surface area contributed by atoms with Crippen molar-refractivity contribution < 1.29 is 14.6 Å². The number of hydrogen-bond donors (Lipinski definition) is 2. The SMILES string of the molecule is O=C(O)Nc1ccc(-c2cc(N3CCOCC3)c3ccccc3n2)cc1. The molecule has 0 saturated carbocycles. The third kappa shape index (κ3) is 3.32. The molecule has 2 aromatic carbocycles. The van der Waals surface area contributed by atoms with Gasteiger partial charge >= 0.3 is 6.09 Å². The summed E-state index contributed by atoms with van der Waals surface area (Å²) in [6, 6.07) is 17.5. The van der Waals surface area contributed by atoms with E-state index in [1.807, 2.05) is 30.3 Å². The number of anilines is 2. The minimum Gasteiger partial charge on any atom is -0.465 e. The molecule has 0 unspecified atom stereocenters. The number of pyridine rings is 1. The van der Waals surface area contributed by atoms with Gasteiger partial charge in [-0.1, -0.05) is 30.3 Å². The predicted octanol–water partition coefficient (Wildman–Crippen LogP) is 3.83. The van der Waals surface area contributed by atoms with Crippen LogP contribution in [0, 0.1) is 0 Å². The first-order chi connectivity index (χ1) is 12.7. The second kappa shape index (κ2) is 7.01. The standard InChI is InChI=1S/C20H19N3O3/c24-20(25)21-15-7-5-14(6-8-15)18-13-19(23-9-11-26-12-10-23)16-3-1-2-4-17(16)22-18/h1-8,13,21H,9-12H2,(H,24,25). The van der Waals surface area contributed by atoms with Crippen LogP contribution in [0.4, 0.5) is 16.2 Å². The van der Waals surface area contributed by atoms with Gasteiger partial charge < -0.3 is 14.7 Å². The quantitative estimate of drug-likeness (QED) is 0.752. The van der Waals surface area contributed by atoms with E-state index in [2.05, 4.69) is 22.3 Å². The lowest BCUT2D eigenvalue weighted by Crippen LogP contribution is -2.36. The Hall–Kier alpha value is -3.12. The summed E-state index contributed by atoms with van der Waals surface area (Å²) in [5.74, 6) is 0. The number of aromatic nitrogens is 1. The van der Waals surface area contributed by atoms with Gasteiger partial charge in [-0.15, -0.1) is 0 Å². The van der Waals surface area contributed by atoms with E-state index in [4.69, 9.17) is 14.8 Å². The number of rotatable bonds is 3. The number of ether oxygens (including phenoxy) is 1. The average molecular weight is 349 g/mol. The van der Waals surface area contributed by atoms with Gasteiger partial charge in [0.15, 0.2) is 0 Å². The van der Waals surface area contributed by atoms with Crippen molar-refractivity contribution >= 4 is 28.4 Å². The molecule has 1 aliphatic heterocycles. The Balaban J connectivity index is 1.76. The molecule has 0 spiro atoms.